The summed E-state index contributed by atoms with van der Waals surface area (Å²) in [4.78, 5) is 11.5. The number of hydrogen-bond donors (Lipinski definition) is 2. The van der Waals surface area contributed by atoms with Crippen LogP contribution in [0, 0.1) is 0 Å². The van der Waals surface area contributed by atoms with Crippen LogP contribution >= 0.6 is 0 Å². The highest BCUT2D eigenvalue weighted by molar-refractivity contribution is 5.88. The number of para-hydroxylation sites is 1. The van der Waals surface area contributed by atoms with Gasteiger partial charge >= 0.3 is 5.97 Å². The van der Waals surface area contributed by atoms with Gasteiger partial charge in [0.2, 0.25) is 0 Å². The summed E-state index contributed by atoms with van der Waals surface area (Å²) in [6, 6.07) is 9.38. The van der Waals surface area contributed by atoms with Gasteiger partial charge < -0.3 is 15.2 Å². The molecule has 1 saturated heterocycles. The second-order valence-electron chi connectivity index (χ2n) is 5.05. The van der Waals surface area contributed by atoms with Gasteiger partial charge in [0, 0.05) is 6.04 Å². The summed E-state index contributed by atoms with van der Waals surface area (Å²) in [7, 11) is 0. The Bertz CT molecular complexity index is 618. The Hall–Kier alpha value is -2.34. The molecule has 1 aliphatic rings. The average molecular weight is 287 g/mol. The molecule has 0 amide bonds. The van der Waals surface area contributed by atoms with E-state index in [-0.39, 0.29) is 17.5 Å². The molecule has 2 N–H and O–H groups in total. The van der Waals surface area contributed by atoms with E-state index in [0.29, 0.717) is 12.3 Å². The van der Waals surface area contributed by atoms with Crippen molar-refractivity contribution in [1.82, 2.24) is 15.1 Å². The van der Waals surface area contributed by atoms with E-state index in [0.717, 1.165) is 19.4 Å². The summed E-state index contributed by atoms with van der Waals surface area (Å²) in [6.45, 7) is 1.52. The number of aromatic carboxylic acids is 1. The molecular weight excluding hydrogens is 270 g/mol. The predicted molar refractivity (Wildman–Crippen MR) is 76.7 cm³/mol. The number of carboxylic acids is 1. The van der Waals surface area contributed by atoms with Crippen molar-refractivity contribution in [3.8, 4) is 11.5 Å². The number of carbonyl (C=O) groups is 1. The fraction of sp³-hybridized carbons (Fsp3) is 0.333. The quantitative estimate of drug-likeness (QED) is 0.881. The van der Waals surface area contributed by atoms with Gasteiger partial charge in [0.05, 0.1) is 12.7 Å². The van der Waals surface area contributed by atoms with Crippen LogP contribution < -0.4 is 10.1 Å². The largest absolute Gasteiger partial charge is 0.476 e. The predicted octanol–water partition coefficient (Wildman–Crippen LogP) is 2.13. The molecule has 6 heteroatoms. The van der Waals surface area contributed by atoms with Crippen molar-refractivity contribution in [2.75, 3.05) is 6.54 Å². The van der Waals surface area contributed by atoms with Gasteiger partial charge in [-0.15, -0.1) is 0 Å². The van der Waals surface area contributed by atoms with Gasteiger partial charge in [-0.2, -0.15) is 5.10 Å². The second kappa shape index (κ2) is 5.97. The molecule has 0 saturated carbocycles. The number of ether oxygens (including phenoxy) is 1. The molecule has 21 heavy (non-hydrogen) atoms. The number of nitrogens with zero attached hydrogens (tertiary/aromatic N) is 2. The molecule has 0 aliphatic carbocycles. The first-order valence-electron chi connectivity index (χ1n) is 6.99. The van der Waals surface area contributed by atoms with Crippen molar-refractivity contribution in [2.45, 2.75) is 25.4 Å². The van der Waals surface area contributed by atoms with Gasteiger partial charge in [0.15, 0.2) is 11.4 Å². The number of nitrogens with one attached hydrogen (secondary N) is 1. The van der Waals surface area contributed by atoms with Crippen LogP contribution in [0.4, 0.5) is 0 Å². The fourth-order valence-corrected chi connectivity index (χ4v) is 2.53. The Balaban J connectivity index is 1.83. The van der Waals surface area contributed by atoms with Gasteiger partial charge in [0.1, 0.15) is 5.75 Å². The average Bonchev–Trinajstić information content (AvgIpc) is 3.11. The Labute approximate surface area is 122 Å². The van der Waals surface area contributed by atoms with Crippen LogP contribution in [-0.2, 0) is 6.54 Å². The lowest BCUT2D eigenvalue weighted by Crippen LogP contribution is -2.28. The maximum Gasteiger partial charge on any atom is 0.358 e. The number of hydrogen-bond acceptors (Lipinski definition) is 4. The Morgan fingerprint density at radius 1 is 1.43 bits per heavy atom. The first kappa shape index (κ1) is 13.6. The molecule has 1 atom stereocenters. The summed E-state index contributed by atoms with van der Waals surface area (Å²) < 4.78 is 7.13. The molecule has 2 aromatic rings. The first-order chi connectivity index (χ1) is 10.2. The third kappa shape index (κ3) is 3.05. The molecule has 110 valence electrons. The van der Waals surface area contributed by atoms with Crippen LogP contribution in [-0.4, -0.2) is 33.4 Å². The molecule has 6 nitrogen and oxygen atoms in total. The fourth-order valence-electron chi connectivity index (χ4n) is 2.53. The van der Waals surface area contributed by atoms with Crippen LogP contribution in [0.15, 0.2) is 36.5 Å². The molecule has 1 unspecified atom stereocenters. The van der Waals surface area contributed by atoms with Crippen molar-refractivity contribution < 1.29 is 14.6 Å². The molecule has 1 aromatic carbocycles. The third-order valence-corrected chi connectivity index (χ3v) is 3.54. The molecule has 1 aromatic heterocycles. The molecule has 0 bridgehead atoms. The van der Waals surface area contributed by atoms with Gasteiger partial charge in [-0.25, -0.2) is 4.79 Å². The van der Waals surface area contributed by atoms with Gasteiger partial charge in [-0.3, -0.25) is 4.68 Å². The highest BCUT2D eigenvalue weighted by atomic mass is 16.5. The SMILES string of the molecule is O=C(O)c1c(Oc2ccccc2)cnn1CC1CCCN1. The number of carboxylic acid groups (broad SMARTS) is 1. The van der Waals surface area contributed by atoms with E-state index in [1.807, 2.05) is 18.2 Å². The lowest BCUT2D eigenvalue weighted by Gasteiger charge is -2.12. The summed E-state index contributed by atoms with van der Waals surface area (Å²) in [5.41, 5.74) is 0.0903. The lowest BCUT2D eigenvalue weighted by atomic mass is 10.2. The molecule has 0 spiro atoms. The highest BCUT2D eigenvalue weighted by Crippen LogP contribution is 2.25. The van der Waals surface area contributed by atoms with Gasteiger partial charge in [-0.1, -0.05) is 18.2 Å². The van der Waals surface area contributed by atoms with E-state index >= 15 is 0 Å². The van der Waals surface area contributed by atoms with Crippen molar-refractivity contribution >= 4 is 5.97 Å². The molecule has 0 radical (unpaired) electrons. The second-order valence-corrected chi connectivity index (χ2v) is 5.05. The van der Waals surface area contributed by atoms with Crippen LogP contribution in [0.1, 0.15) is 23.3 Å². The van der Waals surface area contributed by atoms with E-state index in [2.05, 4.69) is 10.4 Å². The zero-order chi connectivity index (χ0) is 14.7. The molecule has 1 aliphatic heterocycles. The minimum Gasteiger partial charge on any atom is -0.476 e. The zero-order valence-corrected chi connectivity index (χ0v) is 11.5. The molecular formula is C15H17N3O3. The number of benzene rings is 1. The van der Waals surface area contributed by atoms with Gasteiger partial charge in [0.25, 0.3) is 0 Å². The maximum atomic E-state index is 11.5. The minimum atomic E-state index is -1.03. The topological polar surface area (TPSA) is 76.4 Å². The summed E-state index contributed by atoms with van der Waals surface area (Å²) >= 11 is 0. The number of aromatic nitrogens is 2. The number of rotatable bonds is 5. The summed E-state index contributed by atoms with van der Waals surface area (Å²) in [5, 5.41) is 16.9. The Morgan fingerprint density at radius 3 is 2.90 bits per heavy atom. The third-order valence-electron chi connectivity index (χ3n) is 3.54. The van der Waals surface area contributed by atoms with Crippen molar-refractivity contribution in [2.24, 2.45) is 0 Å². The van der Waals surface area contributed by atoms with E-state index in [1.54, 1.807) is 12.1 Å². The first-order valence-corrected chi connectivity index (χ1v) is 6.99. The van der Waals surface area contributed by atoms with Crippen molar-refractivity contribution in [1.29, 1.82) is 0 Å². The smallest absolute Gasteiger partial charge is 0.358 e. The molecule has 1 fully saturated rings. The Morgan fingerprint density at radius 2 is 2.24 bits per heavy atom. The van der Waals surface area contributed by atoms with E-state index in [4.69, 9.17) is 4.74 Å². The Kier molecular flexibility index (Phi) is 3.87. The molecule has 3 rings (SSSR count). The van der Waals surface area contributed by atoms with Gasteiger partial charge in [-0.05, 0) is 31.5 Å². The lowest BCUT2D eigenvalue weighted by molar-refractivity contribution is 0.0679. The monoisotopic (exact) mass is 287 g/mol. The maximum absolute atomic E-state index is 11.5. The minimum absolute atomic E-state index is 0.0903. The van der Waals surface area contributed by atoms with Crippen molar-refractivity contribution in [3.63, 3.8) is 0 Å². The van der Waals surface area contributed by atoms with Crippen LogP contribution in [0.5, 0.6) is 11.5 Å². The standard InChI is InChI=1S/C15H17N3O3/c19-15(20)14-13(21-12-6-2-1-3-7-12)9-17-18(14)10-11-5-4-8-16-11/h1-3,6-7,9,11,16H,4-5,8,10H2,(H,19,20). The molecule has 2 heterocycles. The van der Waals surface area contributed by atoms with E-state index in [9.17, 15) is 9.90 Å². The highest BCUT2D eigenvalue weighted by Gasteiger charge is 2.23. The van der Waals surface area contributed by atoms with Crippen LogP contribution in [0.2, 0.25) is 0 Å². The van der Waals surface area contributed by atoms with E-state index < -0.39 is 5.97 Å². The normalized spacial score (nSPS) is 17.8. The zero-order valence-electron chi connectivity index (χ0n) is 11.5. The summed E-state index contributed by atoms with van der Waals surface area (Å²) in [5.74, 6) is -0.165. The van der Waals surface area contributed by atoms with E-state index in [1.165, 1.54) is 10.9 Å². The van der Waals surface area contributed by atoms with Crippen LogP contribution in [0.3, 0.4) is 0 Å². The van der Waals surface area contributed by atoms with Crippen LogP contribution in [0.25, 0.3) is 0 Å². The summed E-state index contributed by atoms with van der Waals surface area (Å²) in [6.07, 6.45) is 3.61. The van der Waals surface area contributed by atoms with Crippen molar-refractivity contribution in [3.05, 3.63) is 42.2 Å².